The quantitative estimate of drug-likeness (QED) is 0.0598. The predicted molar refractivity (Wildman–Crippen MR) is 233 cm³/mol. The lowest BCUT2D eigenvalue weighted by Gasteiger charge is -2.11. The Morgan fingerprint density at radius 2 is 0.773 bits per heavy atom. The molecule has 0 bridgehead atoms. The molecule has 6 aromatic carbocycles. The number of carbonyl (C=O) groups excluding carboxylic acids is 2. The van der Waals surface area contributed by atoms with Crippen LogP contribution >= 0.6 is 0 Å². The average Bonchev–Trinajstić information content (AvgIpc) is 3.31. The number of ether oxygens (including phenoxy) is 4. The molecule has 66 heavy (non-hydrogen) atoms. The van der Waals surface area contributed by atoms with Gasteiger partial charge in [-0.2, -0.15) is 0 Å². The molecule has 0 aliphatic carbocycles. The number of aromatic nitrogens is 2. The molecular formula is C48H34F2N4O12. The number of amides is 2. The van der Waals surface area contributed by atoms with Gasteiger partial charge in [0.25, 0.3) is 11.8 Å². The average molecular weight is 897 g/mol. The number of fused-ring (bicyclic) bond motifs is 2. The van der Waals surface area contributed by atoms with Crippen LogP contribution in [0.1, 0.15) is 21.0 Å². The number of aliphatic carboxylic acids is 2. The minimum Gasteiger partial charge on any atom is -0.505 e. The summed E-state index contributed by atoms with van der Waals surface area (Å²) in [6, 6.07) is 34.6. The summed E-state index contributed by atoms with van der Waals surface area (Å²) in [6.45, 7) is -1.18. The summed E-state index contributed by atoms with van der Waals surface area (Å²) in [7, 11) is 0. The molecule has 0 radical (unpaired) electrons. The fourth-order valence-corrected chi connectivity index (χ4v) is 6.00. The summed E-state index contributed by atoms with van der Waals surface area (Å²) in [5.74, 6) is -1.48. The molecular weight excluding hydrogens is 863 g/mol. The van der Waals surface area contributed by atoms with E-state index in [9.17, 15) is 38.2 Å². The number of nitrogens with zero attached hydrogens (tertiary/aromatic N) is 2. The van der Waals surface area contributed by atoms with Crippen LogP contribution in [0.3, 0.4) is 0 Å². The van der Waals surface area contributed by atoms with Gasteiger partial charge in [0.2, 0.25) is 0 Å². The van der Waals surface area contributed by atoms with Gasteiger partial charge in [0, 0.05) is 33.9 Å². The van der Waals surface area contributed by atoms with Crippen molar-refractivity contribution >= 4 is 45.3 Å². The van der Waals surface area contributed by atoms with Crippen molar-refractivity contribution in [1.29, 1.82) is 0 Å². The molecule has 18 heteroatoms. The fraction of sp³-hybridized carbons (Fsp3) is 0.0417. The van der Waals surface area contributed by atoms with Crippen LogP contribution in [0.4, 0.5) is 8.78 Å². The van der Waals surface area contributed by atoms with E-state index in [4.69, 9.17) is 29.2 Å². The largest absolute Gasteiger partial charge is 0.505 e. The highest BCUT2D eigenvalue weighted by Gasteiger charge is 2.19. The van der Waals surface area contributed by atoms with Crippen molar-refractivity contribution in [1.82, 2.24) is 20.6 Å². The van der Waals surface area contributed by atoms with E-state index in [1.807, 2.05) is 0 Å². The minimum atomic E-state index is -1.21. The number of pyridine rings is 2. The van der Waals surface area contributed by atoms with E-state index in [-0.39, 0.29) is 34.5 Å². The first-order valence-electron chi connectivity index (χ1n) is 19.4. The Bertz CT molecular complexity index is 3060. The standard InChI is InChI=1S/2C24H17FN2O6/c25-15-2-5-16(6-3-15)32-17-7-9-18(10-8-17)33-19-4-1-14-12-26-22(23(30)20(14)11-19)24(31)27-13-21(28)29;25-15-1-3-16(4-2-15)32-17-5-7-18(8-6-17)33-19-9-10-20-14(11-19)12-26-22(23(20)30)24(31)27-13-21(28)29/h2*1-12,30H,13H2,(H,27,31)(H,28,29). The maximum absolute atomic E-state index is 13.0. The molecule has 0 saturated carbocycles. The molecule has 0 unspecified atom stereocenters. The number of rotatable bonds is 14. The Morgan fingerprint density at radius 3 is 1.20 bits per heavy atom. The topological polar surface area (TPSA) is 236 Å². The second-order valence-corrected chi connectivity index (χ2v) is 13.8. The first kappa shape index (κ1) is 44.7. The van der Waals surface area contributed by atoms with Gasteiger partial charge in [0.05, 0.1) is 0 Å². The van der Waals surface area contributed by atoms with E-state index in [1.165, 1.54) is 60.9 Å². The third-order valence-corrected chi connectivity index (χ3v) is 9.12. The predicted octanol–water partition coefficient (Wildman–Crippen LogP) is 8.96. The highest BCUT2D eigenvalue weighted by molar-refractivity contribution is 6.03. The van der Waals surface area contributed by atoms with Crippen molar-refractivity contribution in [2.24, 2.45) is 0 Å². The maximum atomic E-state index is 13.0. The van der Waals surface area contributed by atoms with Crippen molar-refractivity contribution in [2.75, 3.05) is 13.1 Å². The summed E-state index contributed by atoms with van der Waals surface area (Å²) in [4.78, 5) is 53.2. The second-order valence-electron chi connectivity index (χ2n) is 13.8. The van der Waals surface area contributed by atoms with Crippen molar-refractivity contribution < 1.29 is 67.3 Å². The van der Waals surface area contributed by atoms with Crippen LogP contribution < -0.4 is 29.6 Å². The molecule has 0 aliphatic heterocycles. The zero-order valence-electron chi connectivity index (χ0n) is 34.0. The maximum Gasteiger partial charge on any atom is 0.322 e. The number of carboxylic acid groups (broad SMARTS) is 2. The van der Waals surface area contributed by atoms with Gasteiger partial charge in [-0.3, -0.25) is 19.2 Å². The van der Waals surface area contributed by atoms with E-state index in [0.717, 1.165) is 0 Å². The van der Waals surface area contributed by atoms with Crippen LogP contribution in [-0.4, -0.2) is 67.2 Å². The van der Waals surface area contributed by atoms with Crippen LogP contribution in [0, 0.1) is 11.6 Å². The Morgan fingerprint density at radius 1 is 0.439 bits per heavy atom. The lowest BCUT2D eigenvalue weighted by atomic mass is 10.1. The molecule has 0 spiro atoms. The molecule has 0 aliphatic rings. The highest BCUT2D eigenvalue weighted by atomic mass is 19.1. The molecule has 0 atom stereocenters. The lowest BCUT2D eigenvalue weighted by molar-refractivity contribution is -0.136. The van der Waals surface area contributed by atoms with Gasteiger partial charge in [0.1, 0.15) is 70.7 Å². The van der Waals surface area contributed by atoms with E-state index in [1.54, 1.807) is 84.9 Å². The van der Waals surface area contributed by atoms with E-state index >= 15 is 0 Å². The molecule has 0 saturated heterocycles. The third kappa shape index (κ3) is 11.6. The van der Waals surface area contributed by atoms with Gasteiger partial charge >= 0.3 is 11.9 Å². The van der Waals surface area contributed by atoms with Crippen molar-refractivity contribution in [3.63, 3.8) is 0 Å². The molecule has 2 heterocycles. The monoisotopic (exact) mass is 896 g/mol. The molecule has 332 valence electrons. The molecule has 8 aromatic rings. The zero-order valence-corrected chi connectivity index (χ0v) is 34.0. The zero-order chi connectivity index (χ0) is 46.7. The SMILES string of the molecule is O=C(O)CNC(=O)c1ncc2cc(Oc3ccc(Oc4ccc(F)cc4)cc3)ccc2c1O.O=C(O)CNC(=O)c1ncc2ccc(Oc3ccc(Oc4ccc(F)cc4)cc3)cc2c1O. The Balaban J connectivity index is 0.000000196. The van der Waals surface area contributed by atoms with Crippen molar-refractivity contribution in [3.05, 3.63) is 169 Å². The molecule has 2 aromatic heterocycles. The number of halogens is 2. The first-order chi connectivity index (χ1) is 31.8. The van der Waals surface area contributed by atoms with Gasteiger partial charge < -0.3 is 50.0 Å². The summed E-state index contributed by atoms with van der Waals surface area (Å²) < 4.78 is 48.9. The third-order valence-electron chi connectivity index (χ3n) is 9.12. The molecule has 6 N–H and O–H groups in total. The van der Waals surface area contributed by atoms with Gasteiger partial charge in [-0.25, -0.2) is 18.7 Å². The van der Waals surface area contributed by atoms with Crippen LogP contribution in [0.2, 0.25) is 0 Å². The van der Waals surface area contributed by atoms with Crippen LogP contribution in [-0.2, 0) is 9.59 Å². The lowest BCUT2D eigenvalue weighted by Crippen LogP contribution is -2.29. The second kappa shape index (κ2) is 20.2. The number of benzene rings is 6. The summed E-state index contributed by atoms with van der Waals surface area (Å²) in [5.41, 5.74) is -0.558. The van der Waals surface area contributed by atoms with E-state index < -0.39 is 36.8 Å². The molecule has 0 fully saturated rings. The molecule has 16 nitrogen and oxygen atoms in total. The van der Waals surface area contributed by atoms with Gasteiger partial charge in [-0.15, -0.1) is 0 Å². The van der Waals surface area contributed by atoms with Crippen LogP contribution in [0.15, 0.2) is 146 Å². The Hall–Kier alpha value is -9.32. The van der Waals surface area contributed by atoms with Gasteiger partial charge in [0.15, 0.2) is 22.9 Å². The van der Waals surface area contributed by atoms with Gasteiger partial charge in [-0.05, 0) is 133 Å². The first-order valence-corrected chi connectivity index (χ1v) is 19.4. The number of aromatic hydroxyl groups is 2. The van der Waals surface area contributed by atoms with Crippen LogP contribution in [0.5, 0.6) is 57.5 Å². The molecule has 2 amide bonds. The van der Waals surface area contributed by atoms with E-state index in [2.05, 4.69) is 20.6 Å². The summed E-state index contributed by atoms with van der Waals surface area (Å²) in [5, 5.41) is 44.3. The molecule has 8 rings (SSSR count). The van der Waals surface area contributed by atoms with Crippen molar-refractivity contribution in [2.45, 2.75) is 0 Å². The Kier molecular flexibility index (Phi) is 13.7. The van der Waals surface area contributed by atoms with Crippen molar-refractivity contribution in [3.8, 4) is 57.5 Å². The summed E-state index contributed by atoms with van der Waals surface area (Å²) >= 11 is 0. The normalized spacial score (nSPS) is 10.6. The highest BCUT2D eigenvalue weighted by Crippen LogP contribution is 2.35. The fourth-order valence-electron chi connectivity index (χ4n) is 6.00. The van der Waals surface area contributed by atoms with E-state index in [0.29, 0.717) is 67.5 Å². The number of carboxylic acids is 2. The van der Waals surface area contributed by atoms with Gasteiger partial charge in [-0.1, -0.05) is 0 Å². The number of hydrogen-bond acceptors (Lipinski definition) is 12. The minimum absolute atomic E-state index is 0.269. The number of hydrogen-bond donors (Lipinski definition) is 6. The smallest absolute Gasteiger partial charge is 0.322 e. The van der Waals surface area contributed by atoms with Crippen LogP contribution in [0.25, 0.3) is 21.5 Å². The Labute approximate surface area is 371 Å². The number of nitrogens with one attached hydrogen (secondary N) is 2. The number of carbonyl (C=O) groups is 4. The summed E-state index contributed by atoms with van der Waals surface area (Å²) in [6.07, 6.45) is 2.79.